The van der Waals surface area contributed by atoms with Crippen LogP contribution in [-0.2, 0) is 6.54 Å². The van der Waals surface area contributed by atoms with E-state index in [4.69, 9.17) is 0 Å². The molecule has 0 aromatic carbocycles. The lowest BCUT2D eigenvalue weighted by Gasteiger charge is -2.36. The molecular weight excluding hydrogens is 198 g/mol. The zero-order valence-corrected chi connectivity index (χ0v) is 10.2. The van der Waals surface area contributed by atoms with Crippen molar-refractivity contribution in [1.82, 2.24) is 15.2 Å². The summed E-state index contributed by atoms with van der Waals surface area (Å²) < 4.78 is 0. The highest BCUT2D eigenvalue weighted by Gasteiger charge is 2.28. The van der Waals surface area contributed by atoms with Crippen LogP contribution in [0.5, 0.6) is 0 Å². The maximum atomic E-state index is 4.41. The van der Waals surface area contributed by atoms with Crippen molar-refractivity contribution in [2.24, 2.45) is 0 Å². The van der Waals surface area contributed by atoms with Crippen LogP contribution in [0.15, 0.2) is 24.4 Å². The van der Waals surface area contributed by atoms with E-state index in [1.54, 1.807) is 0 Å². The number of nitrogens with zero attached hydrogens (tertiary/aromatic N) is 2. The van der Waals surface area contributed by atoms with E-state index in [9.17, 15) is 0 Å². The molecule has 3 heteroatoms. The third-order valence-corrected chi connectivity index (χ3v) is 3.41. The lowest BCUT2D eigenvalue weighted by atomic mass is 9.98. The number of hydrogen-bond acceptors (Lipinski definition) is 3. The van der Waals surface area contributed by atoms with Gasteiger partial charge in [0.15, 0.2) is 0 Å². The van der Waals surface area contributed by atoms with Crippen LogP contribution in [0.2, 0.25) is 0 Å². The van der Waals surface area contributed by atoms with Crippen molar-refractivity contribution in [2.75, 3.05) is 19.6 Å². The molecule has 0 unspecified atom stereocenters. The average Bonchev–Trinajstić information content (AvgIpc) is 2.43. The fraction of sp³-hybridized carbons (Fsp3) is 0.615. The molecule has 1 fully saturated rings. The molecule has 2 heterocycles. The van der Waals surface area contributed by atoms with Gasteiger partial charge in [-0.2, -0.15) is 0 Å². The molecule has 0 amide bonds. The van der Waals surface area contributed by atoms with Crippen LogP contribution in [-0.4, -0.2) is 35.1 Å². The van der Waals surface area contributed by atoms with E-state index >= 15 is 0 Å². The Morgan fingerprint density at radius 1 is 1.38 bits per heavy atom. The first-order valence-electron chi connectivity index (χ1n) is 6.04. The Kier molecular flexibility index (Phi) is 3.56. The molecular formula is C13H21N3. The summed E-state index contributed by atoms with van der Waals surface area (Å²) in [7, 11) is 0. The molecule has 88 valence electrons. The monoisotopic (exact) mass is 219 g/mol. The second-order valence-corrected chi connectivity index (χ2v) is 5.06. The predicted molar refractivity (Wildman–Crippen MR) is 66.2 cm³/mol. The second kappa shape index (κ2) is 4.93. The minimum absolute atomic E-state index is 0.265. The highest BCUT2D eigenvalue weighted by atomic mass is 15.2. The van der Waals surface area contributed by atoms with E-state index in [1.807, 2.05) is 12.3 Å². The van der Waals surface area contributed by atoms with Crippen molar-refractivity contribution in [2.45, 2.75) is 32.4 Å². The van der Waals surface area contributed by atoms with Crippen molar-refractivity contribution in [1.29, 1.82) is 0 Å². The summed E-state index contributed by atoms with van der Waals surface area (Å²) in [6, 6.07) is 6.14. The molecule has 0 atom stereocenters. The first-order valence-corrected chi connectivity index (χ1v) is 6.04. The number of rotatable bonds is 2. The summed E-state index contributed by atoms with van der Waals surface area (Å²) in [6.07, 6.45) is 3.07. The van der Waals surface area contributed by atoms with E-state index in [-0.39, 0.29) is 5.54 Å². The maximum absolute atomic E-state index is 4.41. The van der Waals surface area contributed by atoms with Crippen LogP contribution in [0.3, 0.4) is 0 Å². The number of aromatic nitrogens is 1. The summed E-state index contributed by atoms with van der Waals surface area (Å²) in [6.45, 7) is 8.90. The summed E-state index contributed by atoms with van der Waals surface area (Å²) in [5.74, 6) is 0. The summed E-state index contributed by atoms with van der Waals surface area (Å²) in [5, 5.41) is 3.46. The third kappa shape index (κ3) is 2.80. The largest absolute Gasteiger partial charge is 0.315 e. The minimum atomic E-state index is 0.265. The van der Waals surface area contributed by atoms with Crippen molar-refractivity contribution in [3.05, 3.63) is 30.1 Å². The topological polar surface area (TPSA) is 28.2 Å². The Hall–Kier alpha value is -0.930. The Balaban J connectivity index is 2.07. The van der Waals surface area contributed by atoms with Gasteiger partial charge in [-0.15, -0.1) is 0 Å². The van der Waals surface area contributed by atoms with Crippen LogP contribution in [0.1, 0.15) is 26.0 Å². The van der Waals surface area contributed by atoms with E-state index in [0.29, 0.717) is 0 Å². The Morgan fingerprint density at radius 3 is 3.00 bits per heavy atom. The molecule has 0 spiro atoms. The van der Waals surface area contributed by atoms with E-state index in [1.165, 1.54) is 6.42 Å². The van der Waals surface area contributed by atoms with Crippen molar-refractivity contribution >= 4 is 0 Å². The molecule has 0 aliphatic carbocycles. The quantitative estimate of drug-likeness (QED) is 0.820. The van der Waals surface area contributed by atoms with Gasteiger partial charge in [0, 0.05) is 31.4 Å². The zero-order chi connectivity index (χ0) is 11.4. The molecule has 1 aromatic rings. The van der Waals surface area contributed by atoms with Gasteiger partial charge in [0.2, 0.25) is 0 Å². The fourth-order valence-electron chi connectivity index (χ4n) is 2.17. The molecule has 1 N–H and O–H groups in total. The first-order chi connectivity index (χ1) is 7.68. The molecule has 0 saturated carbocycles. The van der Waals surface area contributed by atoms with Crippen LogP contribution in [0.25, 0.3) is 0 Å². The standard InChI is InChI=1S/C13H21N3/c1-13(2)6-8-14-9-10-16(13)11-12-5-3-4-7-15-12/h3-5,7,14H,6,8-11H2,1-2H3. The Morgan fingerprint density at radius 2 is 2.25 bits per heavy atom. The van der Waals surface area contributed by atoms with Gasteiger partial charge in [0.1, 0.15) is 0 Å². The molecule has 1 saturated heterocycles. The Bertz CT molecular complexity index is 321. The summed E-state index contributed by atoms with van der Waals surface area (Å²) in [5.41, 5.74) is 1.43. The van der Waals surface area contributed by atoms with Gasteiger partial charge < -0.3 is 5.32 Å². The van der Waals surface area contributed by atoms with Crippen LogP contribution in [0.4, 0.5) is 0 Å². The molecule has 3 nitrogen and oxygen atoms in total. The SMILES string of the molecule is CC1(C)CCNCCN1Cc1ccccn1. The van der Waals surface area contributed by atoms with Crippen LogP contribution < -0.4 is 5.32 Å². The minimum Gasteiger partial charge on any atom is -0.315 e. The van der Waals surface area contributed by atoms with Crippen molar-refractivity contribution in [3.8, 4) is 0 Å². The van der Waals surface area contributed by atoms with Gasteiger partial charge in [0.05, 0.1) is 5.69 Å². The molecule has 0 radical (unpaired) electrons. The third-order valence-electron chi connectivity index (χ3n) is 3.41. The average molecular weight is 219 g/mol. The highest BCUT2D eigenvalue weighted by molar-refractivity contribution is 5.04. The number of hydrogen-bond donors (Lipinski definition) is 1. The van der Waals surface area contributed by atoms with Gasteiger partial charge in [-0.05, 0) is 38.9 Å². The number of nitrogens with one attached hydrogen (secondary N) is 1. The maximum Gasteiger partial charge on any atom is 0.0544 e. The molecule has 1 aliphatic heterocycles. The van der Waals surface area contributed by atoms with Gasteiger partial charge in [-0.25, -0.2) is 0 Å². The normalized spacial score (nSPS) is 21.6. The molecule has 2 rings (SSSR count). The fourth-order valence-corrected chi connectivity index (χ4v) is 2.17. The highest BCUT2D eigenvalue weighted by Crippen LogP contribution is 2.21. The van der Waals surface area contributed by atoms with Crippen molar-refractivity contribution in [3.63, 3.8) is 0 Å². The number of pyridine rings is 1. The molecule has 1 aliphatic rings. The van der Waals surface area contributed by atoms with Crippen LogP contribution >= 0.6 is 0 Å². The second-order valence-electron chi connectivity index (χ2n) is 5.06. The lowest BCUT2D eigenvalue weighted by molar-refractivity contribution is 0.118. The predicted octanol–water partition coefficient (Wildman–Crippen LogP) is 1.66. The summed E-state index contributed by atoms with van der Waals surface area (Å²) >= 11 is 0. The molecule has 0 bridgehead atoms. The molecule has 1 aromatic heterocycles. The van der Waals surface area contributed by atoms with Crippen molar-refractivity contribution < 1.29 is 0 Å². The summed E-state index contributed by atoms with van der Waals surface area (Å²) in [4.78, 5) is 6.93. The zero-order valence-electron chi connectivity index (χ0n) is 10.2. The lowest BCUT2D eigenvalue weighted by Crippen LogP contribution is -2.43. The van der Waals surface area contributed by atoms with Crippen LogP contribution in [0, 0.1) is 0 Å². The van der Waals surface area contributed by atoms with E-state index in [0.717, 1.165) is 31.9 Å². The van der Waals surface area contributed by atoms with Gasteiger partial charge >= 0.3 is 0 Å². The Labute approximate surface area is 97.9 Å². The van der Waals surface area contributed by atoms with E-state index < -0.39 is 0 Å². The van der Waals surface area contributed by atoms with E-state index in [2.05, 4.69) is 41.2 Å². The molecule has 16 heavy (non-hydrogen) atoms. The first kappa shape index (κ1) is 11.6. The van der Waals surface area contributed by atoms with Gasteiger partial charge in [-0.1, -0.05) is 6.07 Å². The van der Waals surface area contributed by atoms with Gasteiger partial charge in [-0.3, -0.25) is 9.88 Å². The smallest absolute Gasteiger partial charge is 0.0544 e. The van der Waals surface area contributed by atoms with Gasteiger partial charge in [0.25, 0.3) is 0 Å².